The van der Waals surface area contributed by atoms with E-state index in [-0.39, 0.29) is 0 Å². The van der Waals surface area contributed by atoms with Gasteiger partial charge in [-0.25, -0.2) is 9.97 Å². The average molecular weight is 337 g/mol. The molecule has 0 aliphatic carbocycles. The first-order valence-electron chi connectivity index (χ1n) is 5.03. The maximum Gasteiger partial charge on any atom is 0.142 e. The minimum Gasteiger partial charge on any atom is -0.369 e. The summed E-state index contributed by atoms with van der Waals surface area (Å²) in [5.41, 5.74) is 0. The van der Waals surface area contributed by atoms with Crippen molar-refractivity contribution in [2.75, 3.05) is 23.9 Å². The second-order valence-corrected chi connectivity index (χ2v) is 5.35. The van der Waals surface area contributed by atoms with Gasteiger partial charge in [-0.2, -0.15) is 11.8 Å². The molecule has 1 aromatic heterocycles. The summed E-state index contributed by atoms with van der Waals surface area (Å²) in [6.07, 6.45) is 9.36. The van der Waals surface area contributed by atoms with Crippen molar-refractivity contribution in [3.05, 3.63) is 16.1 Å². The number of thioether (sulfide) groups is 1. The molecule has 3 nitrogen and oxygen atoms in total. The molecule has 0 saturated heterocycles. The van der Waals surface area contributed by atoms with Crippen molar-refractivity contribution >= 4 is 40.2 Å². The summed E-state index contributed by atoms with van der Waals surface area (Å²) < 4.78 is 1.08. The first-order valence-corrected chi connectivity index (χ1v) is 7.50. The van der Waals surface area contributed by atoms with Crippen LogP contribution in [0.4, 0.5) is 5.82 Å². The van der Waals surface area contributed by atoms with E-state index in [2.05, 4.69) is 44.1 Å². The van der Waals surface area contributed by atoms with E-state index in [1.54, 1.807) is 6.33 Å². The van der Waals surface area contributed by atoms with Crippen LogP contribution in [-0.4, -0.2) is 28.5 Å². The summed E-state index contributed by atoms with van der Waals surface area (Å²) in [7, 11) is 0. The molecule has 1 N–H and O–H groups in total. The lowest BCUT2D eigenvalue weighted by Crippen LogP contribution is -2.05. The Kier molecular flexibility index (Phi) is 7.08. The zero-order valence-corrected chi connectivity index (χ0v) is 11.8. The zero-order valence-electron chi connectivity index (χ0n) is 8.87. The molecule has 0 amide bonds. The van der Waals surface area contributed by atoms with E-state index >= 15 is 0 Å². The molecular formula is C10H16IN3S. The number of aromatic nitrogens is 2. The van der Waals surface area contributed by atoms with Gasteiger partial charge in [-0.3, -0.25) is 0 Å². The monoisotopic (exact) mass is 337 g/mol. The standard InChI is InChI=1S/C10H16IN3S/c1-15-6-4-2-3-5-13-10-9(11)7-12-8-14-10/h7-8H,2-6H2,1H3,(H,12,13,14). The lowest BCUT2D eigenvalue weighted by atomic mass is 10.2. The van der Waals surface area contributed by atoms with Crippen molar-refractivity contribution in [2.45, 2.75) is 19.3 Å². The third-order valence-corrected chi connectivity index (χ3v) is 3.47. The highest BCUT2D eigenvalue weighted by molar-refractivity contribution is 14.1. The molecule has 84 valence electrons. The van der Waals surface area contributed by atoms with E-state index in [9.17, 15) is 0 Å². The van der Waals surface area contributed by atoms with Crippen LogP contribution in [0.2, 0.25) is 0 Å². The molecule has 0 radical (unpaired) electrons. The van der Waals surface area contributed by atoms with Crippen LogP contribution in [0.15, 0.2) is 12.5 Å². The van der Waals surface area contributed by atoms with E-state index in [1.807, 2.05) is 18.0 Å². The summed E-state index contributed by atoms with van der Waals surface area (Å²) >= 11 is 4.16. The minimum atomic E-state index is 0.954. The van der Waals surface area contributed by atoms with Crippen molar-refractivity contribution in [1.82, 2.24) is 9.97 Å². The molecule has 0 fully saturated rings. The van der Waals surface area contributed by atoms with Gasteiger partial charge in [-0.1, -0.05) is 6.42 Å². The van der Waals surface area contributed by atoms with Gasteiger partial charge in [-0.15, -0.1) is 0 Å². The Morgan fingerprint density at radius 3 is 3.00 bits per heavy atom. The van der Waals surface area contributed by atoms with Crippen LogP contribution in [0.3, 0.4) is 0 Å². The Labute approximate surface area is 109 Å². The zero-order chi connectivity index (χ0) is 10.9. The van der Waals surface area contributed by atoms with Crippen LogP contribution in [0, 0.1) is 3.57 Å². The molecule has 1 rings (SSSR count). The van der Waals surface area contributed by atoms with E-state index in [1.165, 1.54) is 25.0 Å². The van der Waals surface area contributed by atoms with Gasteiger partial charge >= 0.3 is 0 Å². The minimum absolute atomic E-state index is 0.954. The fourth-order valence-corrected chi connectivity index (χ4v) is 2.18. The molecule has 15 heavy (non-hydrogen) atoms. The first kappa shape index (κ1) is 13.0. The van der Waals surface area contributed by atoms with Gasteiger partial charge in [0.05, 0.1) is 3.57 Å². The molecule has 0 atom stereocenters. The fourth-order valence-electron chi connectivity index (χ4n) is 1.20. The number of rotatable bonds is 7. The van der Waals surface area contributed by atoms with Gasteiger partial charge in [0, 0.05) is 12.7 Å². The van der Waals surface area contributed by atoms with Gasteiger partial charge in [0.1, 0.15) is 12.1 Å². The molecule has 1 aromatic rings. The summed E-state index contributed by atoms with van der Waals surface area (Å²) in [6.45, 7) is 1.00. The van der Waals surface area contributed by atoms with Crippen LogP contribution in [-0.2, 0) is 0 Å². The van der Waals surface area contributed by atoms with E-state index < -0.39 is 0 Å². The Morgan fingerprint density at radius 2 is 2.27 bits per heavy atom. The molecule has 0 bridgehead atoms. The smallest absolute Gasteiger partial charge is 0.142 e. The average Bonchev–Trinajstić information content (AvgIpc) is 2.25. The van der Waals surface area contributed by atoms with Crippen molar-refractivity contribution in [2.24, 2.45) is 0 Å². The third kappa shape index (κ3) is 5.55. The number of nitrogens with one attached hydrogen (secondary N) is 1. The van der Waals surface area contributed by atoms with Crippen LogP contribution in [0.5, 0.6) is 0 Å². The largest absolute Gasteiger partial charge is 0.369 e. The summed E-state index contributed by atoms with van der Waals surface area (Å²) in [6, 6.07) is 0. The topological polar surface area (TPSA) is 37.8 Å². The molecule has 0 spiro atoms. The number of halogens is 1. The van der Waals surface area contributed by atoms with Crippen molar-refractivity contribution in [3.8, 4) is 0 Å². The van der Waals surface area contributed by atoms with Gasteiger partial charge in [0.25, 0.3) is 0 Å². The molecule has 0 saturated carbocycles. The Hall–Kier alpha value is -0.0400. The maximum absolute atomic E-state index is 4.18. The summed E-state index contributed by atoms with van der Waals surface area (Å²) in [5.74, 6) is 2.22. The molecule has 0 unspecified atom stereocenters. The number of anilines is 1. The predicted octanol–water partition coefficient (Wildman–Crippen LogP) is 3.03. The second-order valence-electron chi connectivity index (χ2n) is 3.20. The fraction of sp³-hybridized carbons (Fsp3) is 0.600. The number of nitrogens with zero attached hydrogens (tertiary/aromatic N) is 2. The second kappa shape index (κ2) is 8.15. The lowest BCUT2D eigenvalue weighted by Gasteiger charge is -2.06. The maximum atomic E-state index is 4.18. The highest BCUT2D eigenvalue weighted by Crippen LogP contribution is 2.12. The van der Waals surface area contributed by atoms with Crippen LogP contribution in [0.25, 0.3) is 0 Å². The highest BCUT2D eigenvalue weighted by atomic mass is 127. The van der Waals surface area contributed by atoms with Crippen molar-refractivity contribution in [3.63, 3.8) is 0 Å². The molecule has 0 aromatic carbocycles. The normalized spacial score (nSPS) is 10.3. The summed E-state index contributed by atoms with van der Waals surface area (Å²) in [5, 5.41) is 3.32. The van der Waals surface area contributed by atoms with E-state index in [4.69, 9.17) is 0 Å². The molecule has 0 aliphatic rings. The number of hydrogen-bond donors (Lipinski definition) is 1. The third-order valence-electron chi connectivity index (χ3n) is 1.99. The quantitative estimate of drug-likeness (QED) is 0.613. The van der Waals surface area contributed by atoms with Crippen LogP contribution in [0.1, 0.15) is 19.3 Å². The van der Waals surface area contributed by atoms with Crippen molar-refractivity contribution < 1.29 is 0 Å². The summed E-state index contributed by atoms with van der Waals surface area (Å²) in [4.78, 5) is 8.13. The number of hydrogen-bond acceptors (Lipinski definition) is 4. The van der Waals surface area contributed by atoms with Crippen molar-refractivity contribution in [1.29, 1.82) is 0 Å². The van der Waals surface area contributed by atoms with E-state index in [0.29, 0.717) is 0 Å². The van der Waals surface area contributed by atoms with Crippen LogP contribution < -0.4 is 5.32 Å². The Balaban J connectivity index is 2.12. The first-order chi connectivity index (χ1) is 7.34. The molecule has 5 heteroatoms. The molecule has 0 aliphatic heterocycles. The number of unbranched alkanes of at least 4 members (excludes halogenated alkanes) is 2. The lowest BCUT2D eigenvalue weighted by molar-refractivity contribution is 0.747. The highest BCUT2D eigenvalue weighted by Gasteiger charge is 1.98. The van der Waals surface area contributed by atoms with Crippen LogP contribution >= 0.6 is 34.4 Å². The van der Waals surface area contributed by atoms with Gasteiger partial charge < -0.3 is 5.32 Å². The van der Waals surface area contributed by atoms with Gasteiger partial charge in [0.15, 0.2) is 0 Å². The molecular weight excluding hydrogens is 321 g/mol. The Morgan fingerprint density at radius 1 is 1.40 bits per heavy atom. The Bertz CT molecular complexity index is 283. The molecule has 1 heterocycles. The van der Waals surface area contributed by atoms with E-state index in [0.717, 1.165) is 15.9 Å². The predicted molar refractivity (Wildman–Crippen MR) is 75.5 cm³/mol. The SMILES string of the molecule is CSCCCCCNc1ncncc1I. The van der Waals surface area contributed by atoms with Gasteiger partial charge in [-0.05, 0) is 47.4 Å². The van der Waals surface area contributed by atoms with Gasteiger partial charge in [0.2, 0.25) is 0 Å².